The van der Waals surface area contributed by atoms with Crippen molar-refractivity contribution >= 4 is 35.3 Å². The van der Waals surface area contributed by atoms with Gasteiger partial charge in [0.2, 0.25) is 11.8 Å². The third-order valence-corrected chi connectivity index (χ3v) is 7.52. The van der Waals surface area contributed by atoms with Gasteiger partial charge in [-0.2, -0.15) is 0 Å². The highest BCUT2D eigenvalue weighted by atomic mass is 16.5. The van der Waals surface area contributed by atoms with E-state index in [2.05, 4.69) is 15.5 Å². The fourth-order valence-corrected chi connectivity index (χ4v) is 5.72. The molecule has 4 aliphatic heterocycles. The molecule has 1 aromatic carbocycles. The van der Waals surface area contributed by atoms with Gasteiger partial charge in [-0.05, 0) is 50.6 Å². The molecular formula is C23H26N4O6. The van der Waals surface area contributed by atoms with Gasteiger partial charge >= 0.3 is 5.97 Å². The smallest absolute Gasteiger partial charge is 0.311 e. The van der Waals surface area contributed by atoms with Gasteiger partial charge in [-0.3, -0.25) is 34.2 Å². The Bertz CT molecular complexity index is 1060. The van der Waals surface area contributed by atoms with Crippen LogP contribution in [-0.2, 0) is 19.1 Å². The van der Waals surface area contributed by atoms with Crippen LogP contribution in [0.2, 0.25) is 0 Å². The number of anilines is 1. The molecule has 174 valence electrons. The molecule has 1 aromatic rings. The maximum absolute atomic E-state index is 13.2. The van der Waals surface area contributed by atoms with E-state index in [9.17, 15) is 24.0 Å². The van der Waals surface area contributed by atoms with Crippen molar-refractivity contribution in [3.8, 4) is 0 Å². The average Bonchev–Trinajstić information content (AvgIpc) is 3.29. The number of amides is 4. The molecule has 0 aromatic heterocycles. The quantitative estimate of drug-likeness (QED) is 0.486. The van der Waals surface area contributed by atoms with Gasteiger partial charge in [-0.1, -0.05) is 0 Å². The lowest BCUT2D eigenvalue weighted by molar-refractivity contribution is -0.149. The minimum absolute atomic E-state index is 0.0781. The van der Waals surface area contributed by atoms with E-state index in [1.54, 1.807) is 18.2 Å². The molecule has 0 bridgehead atoms. The van der Waals surface area contributed by atoms with E-state index in [1.807, 2.05) is 0 Å². The molecule has 3 saturated heterocycles. The number of methoxy groups -OCH3 is 1. The second-order valence-corrected chi connectivity index (χ2v) is 9.25. The lowest BCUT2D eigenvalue weighted by atomic mass is 9.71. The van der Waals surface area contributed by atoms with Crippen molar-refractivity contribution < 1.29 is 28.7 Å². The van der Waals surface area contributed by atoms with Crippen LogP contribution < -0.4 is 15.5 Å². The number of ether oxygens (including phenoxy) is 1. The molecule has 5 rings (SSSR count). The van der Waals surface area contributed by atoms with Crippen LogP contribution in [0, 0.1) is 11.3 Å². The van der Waals surface area contributed by atoms with Gasteiger partial charge in [0.25, 0.3) is 11.8 Å². The molecule has 2 unspecified atom stereocenters. The number of hydrogen-bond acceptors (Lipinski definition) is 8. The zero-order valence-corrected chi connectivity index (χ0v) is 18.4. The molecule has 4 heterocycles. The molecule has 33 heavy (non-hydrogen) atoms. The number of piperidine rings is 2. The highest BCUT2D eigenvalue weighted by Gasteiger charge is 2.51. The highest BCUT2D eigenvalue weighted by Crippen LogP contribution is 2.45. The zero-order chi connectivity index (χ0) is 23.3. The highest BCUT2D eigenvalue weighted by molar-refractivity contribution is 6.23. The third kappa shape index (κ3) is 3.40. The van der Waals surface area contributed by atoms with Crippen LogP contribution in [0.15, 0.2) is 18.2 Å². The summed E-state index contributed by atoms with van der Waals surface area (Å²) in [7, 11) is 1.41. The lowest BCUT2D eigenvalue weighted by Crippen LogP contribution is -2.54. The summed E-state index contributed by atoms with van der Waals surface area (Å²) in [4.78, 5) is 65.5. The number of hydrogen-bond donors (Lipinski definition) is 2. The largest absolute Gasteiger partial charge is 0.469 e. The Morgan fingerprint density at radius 2 is 1.82 bits per heavy atom. The summed E-state index contributed by atoms with van der Waals surface area (Å²) in [5.41, 5.74) is 1.04. The van der Waals surface area contributed by atoms with E-state index >= 15 is 0 Å². The van der Waals surface area contributed by atoms with E-state index in [-0.39, 0.29) is 41.3 Å². The molecule has 1 spiro atoms. The average molecular weight is 454 g/mol. The van der Waals surface area contributed by atoms with Gasteiger partial charge in [0.1, 0.15) is 6.04 Å². The molecular weight excluding hydrogens is 428 g/mol. The van der Waals surface area contributed by atoms with Crippen molar-refractivity contribution in [1.29, 1.82) is 0 Å². The maximum Gasteiger partial charge on any atom is 0.311 e. The third-order valence-electron chi connectivity index (χ3n) is 7.52. The monoisotopic (exact) mass is 454 g/mol. The normalized spacial score (nSPS) is 26.6. The first kappa shape index (κ1) is 21.6. The van der Waals surface area contributed by atoms with Crippen molar-refractivity contribution in [2.24, 2.45) is 11.3 Å². The van der Waals surface area contributed by atoms with E-state index in [1.165, 1.54) is 7.11 Å². The summed E-state index contributed by atoms with van der Waals surface area (Å²) < 4.78 is 5.10. The first-order valence-electron chi connectivity index (χ1n) is 11.2. The first-order chi connectivity index (χ1) is 15.8. The number of carbonyl (C=O) groups is 5. The molecule has 10 nitrogen and oxygen atoms in total. The lowest BCUT2D eigenvalue weighted by Gasteiger charge is -2.37. The van der Waals surface area contributed by atoms with Gasteiger partial charge in [0, 0.05) is 30.6 Å². The number of benzene rings is 1. The van der Waals surface area contributed by atoms with Gasteiger partial charge < -0.3 is 15.0 Å². The first-order valence-corrected chi connectivity index (χ1v) is 11.2. The van der Waals surface area contributed by atoms with Crippen molar-refractivity contribution in [2.45, 2.75) is 31.7 Å². The molecule has 4 amide bonds. The summed E-state index contributed by atoms with van der Waals surface area (Å²) >= 11 is 0. The summed E-state index contributed by atoms with van der Waals surface area (Å²) in [6, 6.07) is 4.08. The topological polar surface area (TPSA) is 125 Å². The fraction of sp³-hybridized carbons (Fsp3) is 0.522. The Labute approximate surface area is 190 Å². The van der Waals surface area contributed by atoms with E-state index < -0.39 is 29.7 Å². The second kappa shape index (κ2) is 7.95. The Kier molecular flexibility index (Phi) is 5.19. The number of imide groups is 2. The standard InChI is InChI=1S/C23H26N4O6/c1-33-22(32)16-11-26(12-23(16)6-8-24-9-7-23)13-2-3-14-15(10-13)21(31)27(20(14)30)17-4-5-18(28)25-19(17)29/h2-3,10,16-17,24H,4-9,11-12H2,1H3,(H,25,28,29). The molecule has 10 heteroatoms. The number of esters is 1. The number of carbonyl (C=O) groups excluding carboxylic acids is 5. The second-order valence-electron chi connectivity index (χ2n) is 9.25. The zero-order valence-electron chi connectivity index (χ0n) is 18.4. The predicted molar refractivity (Wildman–Crippen MR) is 115 cm³/mol. The van der Waals surface area contributed by atoms with E-state index in [0.29, 0.717) is 13.1 Å². The number of nitrogens with one attached hydrogen (secondary N) is 2. The Morgan fingerprint density at radius 3 is 2.52 bits per heavy atom. The minimum Gasteiger partial charge on any atom is -0.469 e. The Morgan fingerprint density at radius 1 is 1.09 bits per heavy atom. The Balaban J connectivity index is 1.42. The van der Waals surface area contributed by atoms with Crippen LogP contribution in [0.4, 0.5) is 5.69 Å². The number of fused-ring (bicyclic) bond motifs is 1. The molecule has 3 fully saturated rings. The number of nitrogens with zero attached hydrogens (tertiary/aromatic N) is 2. The summed E-state index contributed by atoms with van der Waals surface area (Å²) in [5.74, 6) is -2.59. The van der Waals surface area contributed by atoms with Gasteiger partial charge in [-0.25, -0.2) is 0 Å². The van der Waals surface area contributed by atoms with Crippen LogP contribution >= 0.6 is 0 Å². The van der Waals surface area contributed by atoms with E-state index in [0.717, 1.165) is 36.5 Å². The summed E-state index contributed by atoms with van der Waals surface area (Å²) in [6.07, 6.45) is 1.91. The molecule has 0 radical (unpaired) electrons. The predicted octanol–water partition coefficient (Wildman–Crippen LogP) is 0.0668. The van der Waals surface area contributed by atoms with Crippen molar-refractivity contribution in [1.82, 2.24) is 15.5 Å². The molecule has 2 N–H and O–H groups in total. The molecule has 0 saturated carbocycles. The summed E-state index contributed by atoms with van der Waals surface area (Å²) in [6.45, 7) is 2.80. The van der Waals surface area contributed by atoms with Gasteiger partial charge in [0.15, 0.2) is 0 Å². The summed E-state index contributed by atoms with van der Waals surface area (Å²) in [5, 5.41) is 5.55. The van der Waals surface area contributed by atoms with Gasteiger partial charge in [0.05, 0.1) is 24.2 Å². The SMILES string of the molecule is COC(=O)C1CN(c2ccc3c(c2)C(=O)N(C2CCC(=O)NC2=O)C3=O)CC12CCNCC2. The van der Waals surface area contributed by atoms with Crippen LogP contribution in [0.25, 0.3) is 0 Å². The van der Waals surface area contributed by atoms with Crippen molar-refractivity contribution in [3.63, 3.8) is 0 Å². The van der Waals surface area contributed by atoms with Crippen LogP contribution in [0.5, 0.6) is 0 Å². The molecule has 0 aliphatic carbocycles. The van der Waals surface area contributed by atoms with Crippen LogP contribution in [0.1, 0.15) is 46.4 Å². The minimum atomic E-state index is -0.993. The molecule has 2 atom stereocenters. The van der Waals surface area contributed by atoms with Crippen molar-refractivity contribution in [3.05, 3.63) is 29.3 Å². The fourth-order valence-electron chi connectivity index (χ4n) is 5.72. The van der Waals surface area contributed by atoms with Gasteiger partial charge in [-0.15, -0.1) is 0 Å². The maximum atomic E-state index is 13.2. The molecule has 4 aliphatic rings. The van der Waals surface area contributed by atoms with Crippen LogP contribution in [0.3, 0.4) is 0 Å². The Hall–Kier alpha value is -3.27. The van der Waals surface area contributed by atoms with Crippen LogP contribution in [-0.4, -0.2) is 73.8 Å². The van der Waals surface area contributed by atoms with Crippen molar-refractivity contribution in [2.75, 3.05) is 38.2 Å². The number of rotatable bonds is 3. The van der Waals surface area contributed by atoms with E-state index in [4.69, 9.17) is 4.74 Å².